The zero-order valence-electron chi connectivity index (χ0n) is 12.6. The number of nitrogens with two attached hydrogens (primary N) is 1. The molecule has 2 aromatic rings. The highest BCUT2D eigenvalue weighted by atomic mass is 16.5. The lowest BCUT2D eigenvalue weighted by molar-refractivity contribution is 0.445. The first-order chi connectivity index (χ1) is 9.52. The molecule has 0 saturated heterocycles. The maximum Gasteiger partial charge on any atom is 0.222 e. The van der Waals surface area contributed by atoms with Crippen molar-refractivity contribution < 1.29 is 4.74 Å². The molecule has 0 bridgehead atoms. The van der Waals surface area contributed by atoms with Crippen LogP contribution in [0.15, 0.2) is 18.3 Å². The average Bonchev–Trinajstić information content (AvgIpc) is 2.67. The van der Waals surface area contributed by atoms with Crippen molar-refractivity contribution in [2.75, 3.05) is 0 Å². The van der Waals surface area contributed by atoms with E-state index in [-0.39, 0.29) is 6.04 Å². The quantitative estimate of drug-likeness (QED) is 0.909. The normalized spacial score (nSPS) is 12.4. The van der Waals surface area contributed by atoms with Crippen LogP contribution in [0.5, 0.6) is 11.6 Å². The van der Waals surface area contributed by atoms with Crippen molar-refractivity contribution >= 4 is 0 Å². The van der Waals surface area contributed by atoms with Gasteiger partial charge in [0.15, 0.2) is 5.75 Å². The molecule has 20 heavy (non-hydrogen) atoms. The molecule has 0 amide bonds. The van der Waals surface area contributed by atoms with Crippen LogP contribution in [0, 0.1) is 13.8 Å². The minimum absolute atomic E-state index is 0.123. The van der Waals surface area contributed by atoms with E-state index in [4.69, 9.17) is 10.5 Å². The number of aromatic nitrogens is 3. The molecule has 0 fully saturated rings. The molecule has 0 aliphatic heterocycles. The fourth-order valence-electron chi connectivity index (χ4n) is 2.10. The maximum absolute atomic E-state index is 6.03. The second kappa shape index (κ2) is 6.05. The molecule has 1 atom stereocenters. The summed E-state index contributed by atoms with van der Waals surface area (Å²) in [6, 6.07) is 4.05. The molecule has 5 nitrogen and oxygen atoms in total. The summed E-state index contributed by atoms with van der Waals surface area (Å²) in [5.41, 5.74) is 8.91. The van der Waals surface area contributed by atoms with Gasteiger partial charge in [-0.2, -0.15) is 5.10 Å². The Kier molecular flexibility index (Phi) is 4.39. The first-order valence-corrected chi connectivity index (χ1v) is 6.90. The molecule has 0 saturated carbocycles. The summed E-state index contributed by atoms with van der Waals surface area (Å²) < 4.78 is 7.80. The van der Waals surface area contributed by atoms with E-state index in [2.05, 4.69) is 17.0 Å². The Labute approximate surface area is 119 Å². The predicted molar refractivity (Wildman–Crippen MR) is 79.0 cm³/mol. The van der Waals surface area contributed by atoms with Gasteiger partial charge in [-0.05, 0) is 32.8 Å². The summed E-state index contributed by atoms with van der Waals surface area (Å²) in [6.45, 7) is 6.00. The van der Waals surface area contributed by atoms with Crippen LogP contribution in [-0.2, 0) is 13.5 Å². The molecule has 2 N–H and O–H groups in total. The van der Waals surface area contributed by atoms with E-state index in [9.17, 15) is 0 Å². The summed E-state index contributed by atoms with van der Waals surface area (Å²) in [5.74, 6) is 1.40. The molecular weight excluding hydrogens is 252 g/mol. The lowest BCUT2D eigenvalue weighted by atomic mass is 10.1. The van der Waals surface area contributed by atoms with Gasteiger partial charge in [0.25, 0.3) is 0 Å². The topological polar surface area (TPSA) is 66.0 Å². The van der Waals surface area contributed by atoms with Gasteiger partial charge in [-0.3, -0.25) is 4.68 Å². The minimum atomic E-state index is 0.123. The fraction of sp³-hybridized carbons (Fsp3) is 0.467. The van der Waals surface area contributed by atoms with E-state index < -0.39 is 0 Å². The number of aryl methyl sites for hydroxylation is 2. The minimum Gasteiger partial charge on any atom is -0.435 e. The third-order valence-corrected chi connectivity index (χ3v) is 3.50. The Balaban J connectivity index is 2.29. The largest absolute Gasteiger partial charge is 0.435 e. The van der Waals surface area contributed by atoms with Gasteiger partial charge in [0.2, 0.25) is 5.88 Å². The second-order valence-electron chi connectivity index (χ2n) is 5.07. The van der Waals surface area contributed by atoms with Gasteiger partial charge in [0.1, 0.15) is 5.69 Å². The maximum atomic E-state index is 6.03. The number of ether oxygens (including phenoxy) is 1. The van der Waals surface area contributed by atoms with E-state index in [1.54, 1.807) is 6.20 Å². The first-order valence-electron chi connectivity index (χ1n) is 6.90. The van der Waals surface area contributed by atoms with E-state index in [1.807, 2.05) is 37.7 Å². The molecule has 0 spiro atoms. The van der Waals surface area contributed by atoms with E-state index in [0.29, 0.717) is 5.88 Å². The van der Waals surface area contributed by atoms with Gasteiger partial charge in [-0.25, -0.2) is 4.98 Å². The highest BCUT2D eigenvalue weighted by molar-refractivity contribution is 5.38. The number of nitrogens with zero attached hydrogens (tertiary/aromatic N) is 3. The van der Waals surface area contributed by atoms with Crippen LogP contribution in [0.25, 0.3) is 0 Å². The number of rotatable bonds is 5. The Morgan fingerprint density at radius 3 is 2.75 bits per heavy atom. The van der Waals surface area contributed by atoms with Crippen molar-refractivity contribution in [1.82, 2.24) is 14.8 Å². The highest BCUT2D eigenvalue weighted by Gasteiger charge is 2.15. The van der Waals surface area contributed by atoms with Gasteiger partial charge in [-0.1, -0.05) is 13.0 Å². The number of hydrogen-bond donors (Lipinski definition) is 1. The second-order valence-corrected chi connectivity index (χ2v) is 5.07. The summed E-state index contributed by atoms with van der Waals surface area (Å²) >= 11 is 0. The summed E-state index contributed by atoms with van der Waals surface area (Å²) in [7, 11) is 1.90. The Morgan fingerprint density at radius 1 is 1.40 bits per heavy atom. The van der Waals surface area contributed by atoms with Crippen molar-refractivity contribution in [1.29, 1.82) is 0 Å². The Morgan fingerprint density at radius 2 is 2.15 bits per heavy atom. The zero-order valence-corrected chi connectivity index (χ0v) is 12.6. The Hall–Kier alpha value is -1.88. The molecule has 2 aromatic heterocycles. The molecule has 5 heteroatoms. The van der Waals surface area contributed by atoms with Crippen molar-refractivity contribution in [2.45, 2.75) is 39.7 Å². The van der Waals surface area contributed by atoms with Gasteiger partial charge in [-0.15, -0.1) is 0 Å². The SMILES string of the molecule is CCC(N)Cc1cccnc1Oc1c(C)nn(C)c1C. The van der Waals surface area contributed by atoms with Crippen LogP contribution >= 0.6 is 0 Å². The van der Waals surface area contributed by atoms with Gasteiger partial charge < -0.3 is 10.5 Å². The smallest absolute Gasteiger partial charge is 0.222 e. The van der Waals surface area contributed by atoms with Crippen molar-refractivity contribution in [2.24, 2.45) is 12.8 Å². The van der Waals surface area contributed by atoms with Crippen molar-refractivity contribution in [3.05, 3.63) is 35.3 Å². The van der Waals surface area contributed by atoms with E-state index in [0.717, 1.165) is 35.5 Å². The van der Waals surface area contributed by atoms with Crippen LogP contribution in [-0.4, -0.2) is 20.8 Å². The van der Waals surface area contributed by atoms with Crippen LogP contribution in [0.4, 0.5) is 0 Å². The molecular formula is C15H22N4O. The third-order valence-electron chi connectivity index (χ3n) is 3.50. The van der Waals surface area contributed by atoms with Crippen LogP contribution < -0.4 is 10.5 Å². The predicted octanol–water partition coefficient (Wildman–Crippen LogP) is 2.50. The van der Waals surface area contributed by atoms with E-state index >= 15 is 0 Å². The van der Waals surface area contributed by atoms with Gasteiger partial charge >= 0.3 is 0 Å². The molecule has 1 unspecified atom stereocenters. The first kappa shape index (κ1) is 14.5. The fourth-order valence-corrected chi connectivity index (χ4v) is 2.10. The van der Waals surface area contributed by atoms with Crippen LogP contribution in [0.1, 0.15) is 30.3 Å². The number of hydrogen-bond acceptors (Lipinski definition) is 4. The van der Waals surface area contributed by atoms with Crippen LogP contribution in [0.2, 0.25) is 0 Å². The lowest BCUT2D eigenvalue weighted by Gasteiger charge is -2.13. The molecule has 2 heterocycles. The lowest BCUT2D eigenvalue weighted by Crippen LogP contribution is -2.21. The number of pyridine rings is 1. The van der Waals surface area contributed by atoms with Crippen molar-refractivity contribution in [3.63, 3.8) is 0 Å². The molecule has 0 aromatic carbocycles. The molecule has 0 aliphatic carbocycles. The highest BCUT2D eigenvalue weighted by Crippen LogP contribution is 2.29. The molecule has 108 valence electrons. The molecule has 2 rings (SSSR count). The zero-order chi connectivity index (χ0) is 14.7. The van der Waals surface area contributed by atoms with E-state index in [1.165, 1.54) is 0 Å². The summed E-state index contributed by atoms with van der Waals surface area (Å²) in [6.07, 6.45) is 3.43. The van der Waals surface area contributed by atoms with Crippen molar-refractivity contribution in [3.8, 4) is 11.6 Å². The summed E-state index contributed by atoms with van der Waals surface area (Å²) in [4.78, 5) is 4.34. The summed E-state index contributed by atoms with van der Waals surface area (Å²) in [5, 5.41) is 4.35. The van der Waals surface area contributed by atoms with Crippen LogP contribution in [0.3, 0.4) is 0 Å². The average molecular weight is 274 g/mol. The standard InChI is InChI=1S/C15H22N4O/c1-5-13(16)9-12-7-6-8-17-15(12)20-14-10(2)18-19(4)11(14)3/h6-8,13H,5,9,16H2,1-4H3. The third kappa shape index (κ3) is 2.99. The van der Waals surface area contributed by atoms with Gasteiger partial charge in [0, 0.05) is 24.8 Å². The Bertz CT molecular complexity index is 592. The van der Waals surface area contributed by atoms with Gasteiger partial charge in [0.05, 0.1) is 5.69 Å². The monoisotopic (exact) mass is 274 g/mol. The molecule has 0 aliphatic rings. The molecule has 0 radical (unpaired) electrons.